The van der Waals surface area contributed by atoms with Crippen LogP contribution in [0.5, 0.6) is 0 Å². The lowest BCUT2D eigenvalue weighted by atomic mass is 9.65. The third kappa shape index (κ3) is 3.08. The molecule has 1 aromatic carbocycles. The molecule has 3 N–H and O–H groups in total. The zero-order chi connectivity index (χ0) is 16.0. The molecule has 0 aliphatic heterocycles. The average molecular weight is 425 g/mol. The zero-order valence-corrected chi connectivity index (χ0v) is 14.5. The van der Waals surface area contributed by atoms with Crippen LogP contribution >= 0.6 is 22.6 Å². The second-order valence-electron chi connectivity index (χ2n) is 5.69. The molecule has 0 bridgehead atoms. The predicted molar refractivity (Wildman–Crippen MR) is 84.6 cm³/mol. The Bertz CT molecular complexity index is 686. The van der Waals surface area contributed by atoms with Crippen LogP contribution < -0.4 is 4.72 Å². The van der Waals surface area contributed by atoms with Crippen molar-refractivity contribution < 1.29 is 23.4 Å². The lowest BCUT2D eigenvalue weighted by Gasteiger charge is -2.49. The Morgan fingerprint density at radius 2 is 2.05 bits per heavy atom. The molecule has 0 radical (unpaired) electrons. The Morgan fingerprint density at radius 1 is 1.43 bits per heavy atom. The van der Waals surface area contributed by atoms with E-state index in [9.17, 15) is 18.3 Å². The van der Waals surface area contributed by atoms with Gasteiger partial charge in [0, 0.05) is 15.0 Å². The second kappa shape index (κ2) is 5.49. The summed E-state index contributed by atoms with van der Waals surface area (Å²) in [5.41, 5.74) is -0.585. The SMILES string of the molecule is CC1(C)C(O)CC1NS(=O)(=O)c1ccc(I)c(C(=O)O)c1. The molecular weight excluding hydrogens is 409 g/mol. The molecule has 21 heavy (non-hydrogen) atoms. The van der Waals surface area contributed by atoms with Gasteiger partial charge in [-0.3, -0.25) is 0 Å². The van der Waals surface area contributed by atoms with Gasteiger partial charge < -0.3 is 10.2 Å². The van der Waals surface area contributed by atoms with Crippen LogP contribution in [0.1, 0.15) is 30.6 Å². The van der Waals surface area contributed by atoms with Crippen molar-refractivity contribution in [1.82, 2.24) is 4.72 Å². The van der Waals surface area contributed by atoms with Gasteiger partial charge in [-0.05, 0) is 47.2 Å². The fourth-order valence-corrected chi connectivity index (χ4v) is 4.19. The van der Waals surface area contributed by atoms with E-state index in [0.717, 1.165) is 6.07 Å². The minimum absolute atomic E-state index is 0.0496. The number of aromatic carboxylic acids is 1. The van der Waals surface area contributed by atoms with Crippen molar-refractivity contribution in [1.29, 1.82) is 0 Å². The topological polar surface area (TPSA) is 104 Å². The summed E-state index contributed by atoms with van der Waals surface area (Å²) in [6, 6.07) is 3.61. The third-order valence-electron chi connectivity index (χ3n) is 3.99. The van der Waals surface area contributed by atoms with Crippen molar-refractivity contribution in [2.75, 3.05) is 0 Å². The number of hydrogen-bond donors (Lipinski definition) is 3. The van der Waals surface area contributed by atoms with Crippen LogP contribution in [0.15, 0.2) is 23.1 Å². The maximum atomic E-state index is 12.3. The monoisotopic (exact) mass is 425 g/mol. The number of sulfonamides is 1. The molecule has 1 aromatic rings. The van der Waals surface area contributed by atoms with Crippen LogP contribution in [0, 0.1) is 8.99 Å². The Hall–Kier alpha value is -0.710. The van der Waals surface area contributed by atoms with Gasteiger partial charge in [-0.15, -0.1) is 0 Å². The van der Waals surface area contributed by atoms with Gasteiger partial charge in [-0.25, -0.2) is 17.9 Å². The third-order valence-corrected chi connectivity index (χ3v) is 6.40. The van der Waals surface area contributed by atoms with Gasteiger partial charge >= 0.3 is 5.97 Å². The molecule has 1 fully saturated rings. The lowest BCUT2D eigenvalue weighted by molar-refractivity contribution is -0.0645. The number of benzene rings is 1. The molecular formula is C13H16INO5S. The molecule has 2 rings (SSSR count). The van der Waals surface area contributed by atoms with Crippen molar-refractivity contribution in [3.63, 3.8) is 0 Å². The fraction of sp³-hybridized carbons (Fsp3) is 0.462. The Balaban J connectivity index is 2.29. The van der Waals surface area contributed by atoms with E-state index in [-0.39, 0.29) is 16.5 Å². The second-order valence-corrected chi connectivity index (χ2v) is 8.57. The van der Waals surface area contributed by atoms with E-state index >= 15 is 0 Å². The molecule has 0 saturated heterocycles. The standard InChI is InChI=1S/C13H16INO5S/c1-13(2)10(6-11(13)16)15-21(19,20)7-3-4-9(14)8(5-7)12(17)18/h3-5,10-11,15-16H,6H2,1-2H3,(H,17,18). The largest absolute Gasteiger partial charge is 0.478 e. The number of carboxylic acids is 1. The molecule has 1 aliphatic rings. The molecule has 1 saturated carbocycles. The van der Waals surface area contributed by atoms with Crippen molar-refractivity contribution in [3.8, 4) is 0 Å². The number of hydrogen-bond acceptors (Lipinski definition) is 4. The smallest absolute Gasteiger partial charge is 0.336 e. The van der Waals surface area contributed by atoms with E-state index in [2.05, 4.69) is 4.72 Å². The van der Waals surface area contributed by atoms with Gasteiger partial charge in [0.25, 0.3) is 0 Å². The van der Waals surface area contributed by atoms with E-state index < -0.39 is 27.5 Å². The average Bonchev–Trinajstić information content (AvgIpc) is 2.38. The van der Waals surface area contributed by atoms with Crippen molar-refractivity contribution in [2.24, 2.45) is 5.41 Å². The molecule has 6 nitrogen and oxygen atoms in total. The Morgan fingerprint density at radius 3 is 2.52 bits per heavy atom. The van der Waals surface area contributed by atoms with Crippen molar-refractivity contribution >= 4 is 38.6 Å². The maximum absolute atomic E-state index is 12.3. The minimum Gasteiger partial charge on any atom is -0.478 e. The Labute approximate surface area is 136 Å². The number of nitrogens with one attached hydrogen (secondary N) is 1. The highest BCUT2D eigenvalue weighted by Gasteiger charge is 2.48. The molecule has 0 heterocycles. The van der Waals surface area contributed by atoms with Crippen LogP contribution in [0.25, 0.3) is 0 Å². The summed E-state index contributed by atoms with van der Waals surface area (Å²) >= 11 is 1.84. The summed E-state index contributed by atoms with van der Waals surface area (Å²) in [5, 5.41) is 18.7. The van der Waals surface area contributed by atoms with Crippen molar-refractivity contribution in [2.45, 2.75) is 37.3 Å². The molecule has 0 aromatic heterocycles. The normalized spacial score (nSPS) is 24.4. The number of carbonyl (C=O) groups is 1. The highest BCUT2D eigenvalue weighted by molar-refractivity contribution is 14.1. The molecule has 0 spiro atoms. The summed E-state index contributed by atoms with van der Waals surface area (Å²) in [7, 11) is -3.82. The fourth-order valence-electron chi connectivity index (χ4n) is 2.19. The zero-order valence-electron chi connectivity index (χ0n) is 11.5. The molecule has 8 heteroatoms. The first-order chi connectivity index (χ1) is 9.55. The van der Waals surface area contributed by atoms with Gasteiger partial charge in [0.05, 0.1) is 16.6 Å². The van der Waals surface area contributed by atoms with E-state index in [0.29, 0.717) is 9.99 Å². The van der Waals surface area contributed by atoms with E-state index in [4.69, 9.17) is 5.11 Å². The van der Waals surface area contributed by atoms with Crippen LogP contribution in [0.2, 0.25) is 0 Å². The first kappa shape index (κ1) is 16.7. The van der Waals surface area contributed by atoms with Gasteiger partial charge in [-0.1, -0.05) is 13.8 Å². The summed E-state index contributed by atoms with van der Waals surface area (Å²) in [4.78, 5) is 11.0. The van der Waals surface area contributed by atoms with E-state index in [1.165, 1.54) is 12.1 Å². The highest BCUT2D eigenvalue weighted by atomic mass is 127. The first-order valence-corrected chi connectivity index (χ1v) is 8.85. The molecule has 2 atom stereocenters. The van der Waals surface area contributed by atoms with Gasteiger partial charge in [0.2, 0.25) is 10.0 Å². The summed E-state index contributed by atoms with van der Waals surface area (Å²) < 4.78 is 27.7. The van der Waals surface area contributed by atoms with Crippen LogP contribution in [0.3, 0.4) is 0 Å². The van der Waals surface area contributed by atoms with Crippen LogP contribution in [-0.4, -0.2) is 36.7 Å². The van der Waals surface area contributed by atoms with Gasteiger partial charge in [-0.2, -0.15) is 0 Å². The number of aliphatic hydroxyl groups excluding tert-OH is 1. The minimum atomic E-state index is -3.82. The molecule has 116 valence electrons. The van der Waals surface area contributed by atoms with Crippen molar-refractivity contribution in [3.05, 3.63) is 27.3 Å². The number of carboxylic acid groups (broad SMARTS) is 1. The Kier molecular flexibility index (Phi) is 4.35. The van der Waals surface area contributed by atoms with Crippen LogP contribution in [-0.2, 0) is 10.0 Å². The van der Waals surface area contributed by atoms with E-state index in [1.54, 1.807) is 13.8 Å². The van der Waals surface area contributed by atoms with E-state index in [1.807, 2.05) is 22.6 Å². The maximum Gasteiger partial charge on any atom is 0.336 e. The predicted octanol–water partition coefficient (Wildman–Crippen LogP) is 1.43. The molecule has 2 unspecified atom stereocenters. The quantitative estimate of drug-likeness (QED) is 0.634. The highest BCUT2D eigenvalue weighted by Crippen LogP contribution is 2.41. The summed E-state index contributed by atoms with van der Waals surface area (Å²) in [6.07, 6.45) is -0.195. The number of rotatable bonds is 4. The number of halogens is 1. The number of aliphatic hydroxyl groups is 1. The lowest BCUT2D eigenvalue weighted by Crippen LogP contribution is -2.61. The van der Waals surface area contributed by atoms with Crippen LogP contribution in [0.4, 0.5) is 0 Å². The van der Waals surface area contributed by atoms with Gasteiger partial charge in [0.15, 0.2) is 0 Å². The molecule has 1 aliphatic carbocycles. The van der Waals surface area contributed by atoms with Gasteiger partial charge in [0.1, 0.15) is 0 Å². The first-order valence-electron chi connectivity index (χ1n) is 6.29. The summed E-state index contributed by atoms with van der Waals surface area (Å²) in [6.45, 7) is 3.57. The molecule has 0 amide bonds. The summed E-state index contributed by atoms with van der Waals surface area (Å²) in [5.74, 6) is -1.17.